The second kappa shape index (κ2) is 10.5. The molecule has 0 amide bonds. The minimum Gasteiger partial charge on any atom is -0.320 e. The van der Waals surface area contributed by atoms with Gasteiger partial charge < -0.3 is 10.2 Å². The van der Waals surface area contributed by atoms with E-state index in [4.69, 9.17) is 0 Å². The summed E-state index contributed by atoms with van der Waals surface area (Å²) in [6.45, 7) is 5.00. The van der Waals surface area contributed by atoms with Crippen LogP contribution in [-0.2, 0) is 0 Å². The van der Waals surface area contributed by atoms with Crippen LogP contribution in [0.25, 0.3) is 0 Å². The van der Waals surface area contributed by atoms with Gasteiger partial charge in [-0.15, -0.1) is 24.2 Å². The van der Waals surface area contributed by atoms with Crippen molar-refractivity contribution in [1.29, 1.82) is 0 Å². The third-order valence-corrected chi connectivity index (χ3v) is 4.92. The minimum atomic E-state index is 0. The van der Waals surface area contributed by atoms with Gasteiger partial charge in [-0.1, -0.05) is 18.2 Å². The zero-order valence-corrected chi connectivity index (χ0v) is 14.0. The molecular formula is C16H27ClN2S. The number of likely N-dealkylation sites (tertiary alicyclic amines) is 1. The summed E-state index contributed by atoms with van der Waals surface area (Å²) in [6, 6.07) is 10.7. The summed E-state index contributed by atoms with van der Waals surface area (Å²) in [5.74, 6) is 2.16. The van der Waals surface area contributed by atoms with E-state index < -0.39 is 0 Å². The number of nitrogens with one attached hydrogen (secondary N) is 1. The van der Waals surface area contributed by atoms with Crippen LogP contribution in [0.5, 0.6) is 0 Å². The summed E-state index contributed by atoms with van der Waals surface area (Å²) in [4.78, 5) is 4.03. The molecule has 2 nitrogen and oxygen atoms in total. The molecule has 0 unspecified atom stereocenters. The maximum Gasteiger partial charge on any atom is 0.0108 e. The zero-order valence-electron chi connectivity index (χ0n) is 12.4. The molecule has 114 valence electrons. The van der Waals surface area contributed by atoms with Crippen molar-refractivity contribution >= 4 is 24.2 Å². The first-order valence-electron chi connectivity index (χ1n) is 7.43. The van der Waals surface area contributed by atoms with Crippen molar-refractivity contribution in [1.82, 2.24) is 10.2 Å². The van der Waals surface area contributed by atoms with Gasteiger partial charge in [-0.25, -0.2) is 0 Å². The molecule has 1 heterocycles. The van der Waals surface area contributed by atoms with Gasteiger partial charge in [0, 0.05) is 17.2 Å². The maximum absolute atomic E-state index is 3.26. The molecule has 0 atom stereocenters. The molecule has 0 aromatic heterocycles. The Hall–Kier alpha value is -0.220. The number of rotatable bonds is 7. The van der Waals surface area contributed by atoms with Crippen molar-refractivity contribution in [3.8, 4) is 0 Å². The average molecular weight is 315 g/mol. The molecule has 0 aliphatic carbocycles. The largest absolute Gasteiger partial charge is 0.320 e. The molecule has 0 bridgehead atoms. The normalized spacial score (nSPS) is 16.9. The van der Waals surface area contributed by atoms with Crippen LogP contribution < -0.4 is 5.32 Å². The predicted octanol–water partition coefficient (Wildman–Crippen LogP) is 3.52. The second-order valence-corrected chi connectivity index (χ2v) is 6.51. The number of halogens is 1. The van der Waals surface area contributed by atoms with E-state index in [-0.39, 0.29) is 12.4 Å². The van der Waals surface area contributed by atoms with E-state index in [1.54, 1.807) is 0 Å². The molecule has 0 spiro atoms. The van der Waals surface area contributed by atoms with Gasteiger partial charge in [0.15, 0.2) is 0 Å². The standard InChI is InChI=1S/C16H26N2S.ClH/c1-17-10-7-15-8-11-18(12-9-15)13-14-19-16-5-3-2-4-6-16;/h2-6,15,17H,7-14H2,1H3;1H. The van der Waals surface area contributed by atoms with Crippen molar-refractivity contribution in [3.05, 3.63) is 30.3 Å². The summed E-state index contributed by atoms with van der Waals surface area (Å²) in [5.41, 5.74) is 0. The number of thioether (sulfide) groups is 1. The van der Waals surface area contributed by atoms with Crippen molar-refractivity contribution in [2.24, 2.45) is 5.92 Å². The Kier molecular flexibility index (Phi) is 9.36. The molecule has 2 rings (SSSR count). The Balaban J connectivity index is 0.00000200. The number of nitrogens with zero attached hydrogens (tertiary/aromatic N) is 1. The molecule has 4 heteroatoms. The highest BCUT2D eigenvalue weighted by molar-refractivity contribution is 7.99. The van der Waals surface area contributed by atoms with Crippen LogP contribution in [0.2, 0.25) is 0 Å². The van der Waals surface area contributed by atoms with E-state index in [1.807, 2.05) is 11.8 Å². The van der Waals surface area contributed by atoms with E-state index in [9.17, 15) is 0 Å². The molecule has 1 aromatic carbocycles. The fourth-order valence-electron chi connectivity index (χ4n) is 2.66. The van der Waals surface area contributed by atoms with Crippen molar-refractivity contribution < 1.29 is 0 Å². The van der Waals surface area contributed by atoms with Crippen LogP contribution in [0.15, 0.2) is 35.2 Å². The van der Waals surface area contributed by atoms with Crippen molar-refractivity contribution in [3.63, 3.8) is 0 Å². The van der Waals surface area contributed by atoms with E-state index >= 15 is 0 Å². The summed E-state index contributed by atoms with van der Waals surface area (Å²) in [7, 11) is 2.05. The molecule has 0 radical (unpaired) electrons. The molecule has 1 saturated heterocycles. The molecule has 1 aliphatic heterocycles. The fourth-order valence-corrected chi connectivity index (χ4v) is 3.59. The zero-order chi connectivity index (χ0) is 13.3. The monoisotopic (exact) mass is 314 g/mol. The first-order valence-corrected chi connectivity index (χ1v) is 8.42. The Morgan fingerprint density at radius 1 is 1.20 bits per heavy atom. The first kappa shape index (κ1) is 17.8. The van der Waals surface area contributed by atoms with Crippen molar-refractivity contribution in [2.75, 3.05) is 39.0 Å². The minimum absolute atomic E-state index is 0. The van der Waals surface area contributed by atoms with Gasteiger partial charge in [0.25, 0.3) is 0 Å². The Morgan fingerprint density at radius 2 is 1.90 bits per heavy atom. The lowest BCUT2D eigenvalue weighted by atomic mass is 9.94. The number of hydrogen-bond donors (Lipinski definition) is 1. The van der Waals surface area contributed by atoms with E-state index in [1.165, 1.54) is 56.1 Å². The molecule has 1 aromatic rings. The van der Waals surface area contributed by atoms with Crippen LogP contribution in [0.3, 0.4) is 0 Å². The van der Waals surface area contributed by atoms with Gasteiger partial charge in [-0.2, -0.15) is 0 Å². The van der Waals surface area contributed by atoms with Crippen LogP contribution in [0.4, 0.5) is 0 Å². The molecule has 1 fully saturated rings. The number of benzene rings is 1. The summed E-state index contributed by atoms with van der Waals surface area (Å²) in [6.07, 6.45) is 4.12. The molecule has 0 saturated carbocycles. The highest BCUT2D eigenvalue weighted by atomic mass is 35.5. The topological polar surface area (TPSA) is 15.3 Å². The lowest BCUT2D eigenvalue weighted by Crippen LogP contribution is -2.35. The van der Waals surface area contributed by atoms with E-state index in [0.29, 0.717) is 0 Å². The third kappa shape index (κ3) is 6.49. The Labute approximate surface area is 134 Å². The van der Waals surface area contributed by atoms with Crippen molar-refractivity contribution in [2.45, 2.75) is 24.2 Å². The first-order chi connectivity index (χ1) is 9.38. The van der Waals surface area contributed by atoms with Gasteiger partial charge >= 0.3 is 0 Å². The van der Waals surface area contributed by atoms with Gasteiger partial charge in [0.05, 0.1) is 0 Å². The molecule has 1 N–H and O–H groups in total. The summed E-state index contributed by atoms with van der Waals surface area (Å²) < 4.78 is 0. The SMILES string of the molecule is CNCCC1CCN(CCSc2ccccc2)CC1.Cl. The maximum atomic E-state index is 3.26. The van der Waals surface area contributed by atoms with Crippen LogP contribution in [0, 0.1) is 5.92 Å². The summed E-state index contributed by atoms with van der Waals surface area (Å²) in [5, 5.41) is 3.26. The van der Waals surface area contributed by atoms with Gasteiger partial charge in [-0.05, 0) is 64.0 Å². The number of piperidine rings is 1. The predicted molar refractivity (Wildman–Crippen MR) is 92.1 cm³/mol. The summed E-state index contributed by atoms with van der Waals surface area (Å²) >= 11 is 1.98. The lowest BCUT2D eigenvalue weighted by Gasteiger charge is -2.31. The van der Waals surface area contributed by atoms with Gasteiger partial charge in [0.1, 0.15) is 0 Å². The van der Waals surface area contributed by atoms with E-state index in [0.717, 1.165) is 5.92 Å². The van der Waals surface area contributed by atoms with Crippen LogP contribution in [0.1, 0.15) is 19.3 Å². The number of hydrogen-bond acceptors (Lipinski definition) is 3. The third-order valence-electron chi connectivity index (χ3n) is 3.93. The highest BCUT2D eigenvalue weighted by Gasteiger charge is 2.18. The lowest BCUT2D eigenvalue weighted by molar-refractivity contribution is 0.188. The van der Waals surface area contributed by atoms with Gasteiger partial charge in [-0.3, -0.25) is 0 Å². The highest BCUT2D eigenvalue weighted by Crippen LogP contribution is 2.21. The molecule has 20 heavy (non-hydrogen) atoms. The molecular weight excluding hydrogens is 288 g/mol. The van der Waals surface area contributed by atoms with Crippen LogP contribution in [-0.4, -0.2) is 43.9 Å². The van der Waals surface area contributed by atoms with Crippen LogP contribution >= 0.6 is 24.2 Å². The molecule has 1 aliphatic rings. The fraction of sp³-hybridized carbons (Fsp3) is 0.625. The second-order valence-electron chi connectivity index (χ2n) is 5.34. The smallest absolute Gasteiger partial charge is 0.0108 e. The van der Waals surface area contributed by atoms with Gasteiger partial charge in [0.2, 0.25) is 0 Å². The quantitative estimate of drug-likeness (QED) is 0.775. The average Bonchev–Trinajstić information content (AvgIpc) is 2.47. The Morgan fingerprint density at radius 3 is 2.55 bits per heavy atom. The van der Waals surface area contributed by atoms with E-state index in [2.05, 4.69) is 47.6 Å². The Bertz CT molecular complexity index is 340.